The molecule has 0 fully saturated rings. The van der Waals surface area contributed by atoms with Crippen LogP contribution in [-0.4, -0.2) is 17.6 Å². The number of anilines is 1. The van der Waals surface area contributed by atoms with E-state index in [4.69, 9.17) is 10.5 Å². The van der Waals surface area contributed by atoms with Crippen molar-refractivity contribution >= 4 is 11.7 Å². The Bertz CT molecular complexity index is 556. The van der Waals surface area contributed by atoms with E-state index in [1.54, 1.807) is 13.1 Å². The predicted octanol–water partition coefficient (Wildman–Crippen LogP) is 2.75. The summed E-state index contributed by atoms with van der Waals surface area (Å²) in [6, 6.07) is 7.96. The first kappa shape index (κ1) is 12.2. The second kappa shape index (κ2) is 4.96. The normalized spacial score (nSPS) is 10.3. The molecule has 18 heavy (non-hydrogen) atoms. The van der Waals surface area contributed by atoms with Crippen molar-refractivity contribution in [2.45, 2.75) is 13.8 Å². The number of aryl methyl sites for hydroxylation is 1. The largest absolute Gasteiger partial charge is 0.461 e. The van der Waals surface area contributed by atoms with Crippen LogP contribution in [0.15, 0.2) is 30.5 Å². The zero-order chi connectivity index (χ0) is 13.1. The fraction of sp³-hybridized carbons (Fsp3) is 0.214. The van der Waals surface area contributed by atoms with Crippen LogP contribution in [-0.2, 0) is 4.74 Å². The number of rotatable bonds is 3. The van der Waals surface area contributed by atoms with Crippen LogP contribution in [0.1, 0.15) is 23.0 Å². The fourth-order valence-electron chi connectivity index (χ4n) is 1.78. The molecule has 4 nitrogen and oxygen atoms in total. The SMILES string of the molecule is CCOC(=O)c1[nH]cc(-c2ccc(C)cc2)c1N. The molecule has 0 atom stereocenters. The highest BCUT2D eigenvalue weighted by Gasteiger charge is 2.16. The van der Waals surface area contributed by atoms with E-state index >= 15 is 0 Å². The van der Waals surface area contributed by atoms with Crippen LogP contribution in [0.2, 0.25) is 0 Å². The van der Waals surface area contributed by atoms with Gasteiger partial charge in [0.05, 0.1) is 12.3 Å². The summed E-state index contributed by atoms with van der Waals surface area (Å²) in [5, 5.41) is 0. The minimum absolute atomic E-state index is 0.312. The van der Waals surface area contributed by atoms with Gasteiger partial charge in [0.25, 0.3) is 0 Å². The van der Waals surface area contributed by atoms with Crippen LogP contribution in [0.5, 0.6) is 0 Å². The lowest BCUT2D eigenvalue weighted by atomic mass is 10.1. The zero-order valence-electron chi connectivity index (χ0n) is 10.5. The molecule has 0 saturated heterocycles. The average molecular weight is 244 g/mol. The molecule has 0 aliphatic heterocycles. The number of carbonyl (C=O) groups excluding carboxylic acids is 1. The van der Waals surface area contributed by atoms with Crippen molar-refractivity contribution in [1.29, 1.82) is 0 Å². The van der Waals surface area contributed by atoms with Gasteiger partial charge in [-0.3, -0.25) is 0 Å². The number of nitrogens with one attached hydrogen (secondary N) is 1. The standard InChI is InChI=1S/C14H16N2O2/c1-3-18-14(17)13-12(15)11(8-16-13)10-6-4-9(2)5-7-10/h4-8,16H,3,15H2,1-2H3. The van der Waals surface area contributed by atoms with Gasteiger partial charge >= 0.3 is 5.97 Å². The Morgan fingerprint density at radius 1 is 1.33 bits per heavy atom. The third-order valence-electron chi connectivity index (χ3n) is 2.76. The number of nitrogens with two attached hydrogens (primary N) is 1. The summed E-state index contributed by atoms with van der Waals surface area (Å²) in [6.07, 6.45) is 1.73. The molecule has 0 radical (unpaired) electrons. The van der Waals surface area contributed by atoms with E-state index in [1.807, 2.05) is 31.2 Å². The van der Waals surface area contributed by atoms with E-state index in [0.29, 0.717) is 18.0 Å². The predicted molar refractivity (Wildman–Crippen MR) is 71.3 cm³/mol. The highest BCUT2D eigenvalue weighted by molar-refractivity contribution is 5.98. The number of esters is 1. The number of benzene rings is 1. The Kier molecular flexibility index (Phi) is 3.37. The van der Waals surface area contributed by atoms with Gasteiger partial charge in [-0.25, -0.2) is 4.79 Å². The number of hydrogen-bond acceptors (Lipinski definition) is 3. The summed E-state index contributed by atoms with van der Waals surface area (Å²) in [5.74, 6) is -0.423. The molecule has 1 aromatic heterocycles. The number of H-pyrrole nitrogens is 1. The number of nitrogen functional groups attached to an aromatic ring is 1. The Morgan fingerprint density at radius 3 is 2.61 bits per heavy atom. The maximum Gasteiger partial charge on any atom is 0.356 e. The van der Waals surface area contributed by atoms with E-state index < -0.39 is 5.97 Å². The van der Waals surface area contributed by atoms with Crippen LogP contribution in [0.3, 0.4) is 0 Å². The molecule has 0 spiro atoms. The van der Waals surface area contributed by atoms with Gasteiger partial charge in [-0.2, -0.15) is 0 Å². The third kappa shape index (κ3) is 2.22. The highest BCUT2D eigenvalue weighted by Crippen LogP contribution is 2.29. The Balaban J connectivity index is 2.36. The molecule has 0 bridgehead atoms. The maximum atomic E-state index is 11.6. The van der Waals surface area contributed by atoms with Crippen LogP contribution in [0.4, 0.5) is 5.69 Å². The smallest absolute Gasteiger partial charge is 0.356 e. The Hall–Kier alpha value is -2.23. The van der Waals surface area contributed by atoms with Crippen molar-refractivity contribution in [2.24, 2.45) is 0 Å². The van der Waals surface area contributed by atoms with E-state index in [-0.39, 0.29) is 0 Å². The molecule has 4 heteroatoms. The first-order valence-corrected chi connectivity index (χ1v) is 5.84. The molecule has 1 aromatic carbocycles. The van der Waals surface area contributed by atoms with Gasteiger partial charge in [0.1, 0.15) is 5.69 Å². The van der Waals surface area contributed by atoms with E-state index in [9.17, 15) is 4.79 Å². The molecule has 2 rings (SSSR count). The van der Waals surface area contributed by atoms with Crippen molar-refractivity contribution in [3.63, 3.8) is 0 Å². The lowest BCUT2D eigenvalue weighted by Gasteiger charge is -2.03. The van der Waals surface area contributed by atoms with Gasteiger partial charge in [-0.15, -0.1) is 0 Å². The summed E-state index contributed by atoms with van der Waals surface area (Å²) in [4.78, 5) is 14.5. The van der Waals surface area contributed by atoms with Gasteiger partial charge in [0, 0.05) is 11.8 Å². The van der Waals surface area contributed by atoms with E-state index in [0.717, 1.165) is 11.1 Å². The van der Waals surface area contributed by atoms with Crippen molar-refractivity contribution < 1.29 is 9.53 Å². The number of ether oxygens (including phenoxy) is 1. The molecule has 0 aliphatic carbocycles. The number of carbonyl (C=O) groups is 1. The molecule has 94 valence electrons. The van der Waals surface area contributed by atoms with Gasteiger partial charge < -0.3 is 15.5 Å². The lowest BCUT2D eigenvalue weighted by Crippen LogP contribution is -2.07. The Labute approximate surface area is 106 Å². The van der Waals surface area contributed by atoms with Crippen molar-refractivity contribution in [2.75, 3.05) is 12.3 Å². The fourth-order valence-corrected chi connectivity index (χ4v) is 1.78. The van der Waals surface area contributed by atoms with Gasteiger partial charge in [-0.05, 0) is 19.4 Å². The van der Waals surface area contributed by atoms with Crippen LogP contribution < -0.4 is 5.73 Å². The number of aromatic amines is 1. The van der Waals surface area contributed by atoms with Crippen LogP contribution in [0, 0.1) is 6.92 Å². The second-order valence-electron chi connectivity index (χ2n) is 4.08. The summed E-state index contributed by atoms with van der Waals surface area (Å²) in [6.45, 7) is 4.11. The molecular formula is C14H16N2O2. The molecule has 1 heterocycles. The molecule has 0 aliphatic rings. The summed E-state index contributed by atoms with van der Waals surface area (Å²) < 4.78 is 4.93. The topological polar surface area (TPSA) is 68.1 Å². The van der Waals surface area contributed by atoms with Crippen LogP contribution >= 0.6 is 0 Å². The zero-order valence-corrected chi connectivity index (χ0v) is 10.5. The summed E-state index contributed by atoms with van der Waals surface area (Å²) >= 11 is 0. The minimum atomic E-state index is -0.423. The number of hydrogen-bond donors (Lipinski definition) is 2. The molecular weight excluding hydrogens is 228 g/mol. The summed E-state index contributed by atoms with van der Waals surface area (Å²) in [5.41, 5.74) is 9.69. The Morgan fingerprint density at radius 2 is 2.00 bits per heavy atom. The van der Waals surface area contributed by atoms with E-state index in [2.05, 4.69) is 4.98 Å². The quantitative estimate of drug-likeness (QED) is 0.816. The second-order valence-corrected chi connectivity index (χ2v) is 4.08. The third-order valence-corrected chi connectivity index (χ3v) is 2.76. The highest BCUT2D eigenvalue weighted by atomic mass is 16.5. The molecule has 2 aromatic rings. The minimum Gasteiger partial charge on any atom is -0.461 e. The molecule has 0 unspecified atom stereocenters. The summed E-state index contributed by atoms with van der Waals surface area (Å²) in [7, 11) is 0. The first-order chi connectivity index (χ1) is 8.63. The lowest BCUT2D eigenvalue weighted by molar-refractivity contribution is 0.0521. The average Bonchev–Trinajstić information content (AvgIpc) is 2.73. The molecule has 0 amide bonds. The monoisotopic (exact) mass is 244 g/mol. The van der Waals surface area contributed by atoms with Gasteiger partial charge in [0.15, 0.2) is 0 Å². The van der Waals surface area contributed by atoms with E-state index in [1.165, 1.54) is 5.56 Å². The van der Waals surface area contributed by atoms with Gasteiger partial charge in [-0.1, -0.05) is 29.8 Å². The van der Waals surface area contributed by atoms with Crippen LogP contribution in [0.25, 0.3) is 11.1 Å². The first-order valence-electron chi connectivity index (χ1n) is 5.84. The van der Waals surface area contributed by atoms with Gasteiger partial charge in [0.2, 0.25) is 0 Å². The van der Waals surface area contributed by atoms with Crippen molar-refractivity contribution in [1.82, 2.24) is 4.98 Å². The molecule has 3 N–H and O–H groups in total. The van der Waals surface area contributed by atoms with Crippen molar-refractivity contribution in [3.05, 3.63) is 41.7 Å². The molecule has 0 saturated carbocycles. The maximum absolute atomic E-state index is 11.6. The number of aromatic nitrogens is 1. The van der Waals surface area contributed by atoms with Crippen molar-refractivity contribution in [3.8, 4) is 11.1 Å².